The number of hydrogen-bond donors (Lipinski definition) is 0. The second kappa shape index (κ2) is 10.8. The van der Waals surface area contributed by atoms with E-state index in [1.807, 2.05) is 0 Å². The molecule has 0 saturated heterocycles. The fraction of sp³-hybridized carbons (Fsp3) is 0.280. The third-order valence-corrected chi connectivity index (χ3v) is 4.86. The minimum Gasteiger partial charge on any atom is -0.494 e. The number of benzene rings is 3. The van der Waals surface area contributed by atoms with Gasteiger partial charge in [-0.15, -0.1) is 0 Å². The first-order valence-electron chi connectivity index (χ1n) is 10.4. The van der Waals surface area contributed by atoms with Crippen LogP contribution in [0.2, 0.25) is 0 Å². The molecule has 3 rings (SSSR count). The van der Waals surface area contributed by atoms with Gasteiger partial charge in [-0.25, -0.2) is 0 Å². The molecule has 0 aromatic heterocycles. The van der Waals surface area contributed by atoms with Crippen molar-refractivity contribution in [3.05, 3.63) is 89.5 Å². The monoisotopic (exact) mass is 484 g/mol. The van der Waals surface area contributed by atoms with Gasteiger partial charge in [-0.3, -0.25) is 0 Å². The molecule has 0 amide bonds. The van der Waals surface area contributed by atoms with Crippen LogP contribution in [0.1, 0.15) is 29.5 Å². The van der Waals surface area contributed by atoms with Crippen LogP contribution in [0.4, 0.5) is 26.3 Å². The highest BCUT2D eigenvalue weighted by molar-refractivity contribution is 5.36. The van der Waals surface area contributed by atoms with E-state index >= 15 is 0 Å². The molecule has 0 spiro atoms. The Morgan fingerprint density at radius 1 is 0.765 bits per heavy atom. The zero-order valence-electron chi connectivity index (χ0n) is 18.1. The molecular formula is C25H22F6O3. The lowest BCUT2D eigenvalue weighted by Crippen LogP contribution is -2.25. The van der Waals surface area contributed by atoms with Gasteiger partial charge in [0.05, 0.1) is 25.4 Å². The van der Waals surface area contributed by atoms with Crippen molar-refractivity contribution in [3.8, 4) is 17.2 Å². The Morgan fingerprint density at radius 2 is 1.41 bits per heavy atom. The van der Waals surface area contributed by atoms with Crippen molar-refractivity contribution in [2.45, 2.75) is 31.8 Å². The molecule has 0 aliphatic carbocycles. The van der Waals surface area contributed by atoms with Crippen LogP contribution in [-0.2, 0) is 17.5 Å². The number of ether oxygens (including phenoxy) is 3. The molecule has 0 heterocycles. The van der Waals surface area contributed by atoms with Crippen LogP contribution in [0.15, 0.2) is 72.8 Å². The van der Waals surface area contributed by atoms with E-state index in [4.69, 9.17) is 14.2 Å². The molecule has 3 aromatic carbocycles. The van der Waals surface area contributed by atoms with Crippen LogP contribution in [0.3, 0.4) is 0 Å². The van der Waals surface area contributed by atoms with Gasteiger partial charge in [0.15, 0.2) is 0 Å². The van der Waals surface area contributed by atoms with Gasteiger partial charge in [0.25, 0.3) is 0 Å². The molecule has 182 valence electrons. The highest BCUT2D eigenvalue weighted by atomic mass is 19.4. The van der Waals surface area contributed by atoms with Crippen LogP contribution >= 0.6 is 0 Å². The summed E-state index contributed by atoms with van der Waals surface area (Å²) in [5.74, 6) is -0.814. The highest BCUT2D eigenvalue weighted by Gasteiger charge is 2.40. The summed E-state index contributed by atoms with van der Waals surface area (Å²) >= 11 is 0. The highest BCUT2D eigenvalue weighted by Crippen LogP contribution is 2.36. The second-order valence-electron chi connectivity index (χ2n) is 7.38. The molecule has 0 bridgehead atoms. The Kier molecular flexibility index (Phi) is 8.09. The van der Waals surface area contributed by atoms with Crippen molar-refractivity contribution >= 4 is 0 Å². The van der Waals surface area contributed by atoms with E-state index in [9.17, 15) is 26.3 Å². The Labute approximate surface area is 192 Å². The van der Waals surface area contributed by atoms with Crippen LogP contribution < -0.4 is 9.47 Å². The standard InChI is InChI=1S/C25H22F6O3/c1-2-33-20-10-6-18(7-11-20)23(25(29,30)31)16-32-15-17-4-3-5-22(14-17)34-21-12-8-19(9-13-21)24(26,27)28/h3-14,23H,2,15-16H2,1H3. The third kappa shape index (κ3) is 7.15. The Balaban J connectivity index is 1.61. The predicted octanol–water partition coefficient (Wildman–Crippen LogP) is 7.76. The Morgan fingerprint density at radius 3 is 2.00 bits per heavy atom. The van der Waals surface area contributed by atoms with E-state index in [2.05, 4.69) is 0 Å². The van der Waals surface area contributed by atoms with Gasteiger partial charge in [-0.05, 0) is 66.6 Å². The Hall–Kier alpha value is -3.20. The maximum absolute atomic E-state index is 13.6. The number of rotatable bonds is 9. The van der Waals surface area contributed by atoms with Crippen LogP contribution in [0.5, 0.6) is 17.2 Å². The van der Waals surface area contributed by atoms with Crippen molar-refractivity contribution in [1.29, 1.82) is 0 Å². The first-order valence-corrected chi connectivity index (χ1v) is 10.4. The molecule has 0 aliphatic rings. The minimum absolute atomic E-state index is 0.0651. The summed E-state index contributed by atoms with van der Waals surface area (Å²) in [6.45, 7) is 1.51. The molecule has 0 aliphatic heterocycles. The summed E-state index contributed by atoms with van der Waals surface area (Å²) < 4.78 is 95.0. The van der Waals surface area contributed by atoms with E-state index < -0.39 is 30.4 Å². The first-order chi connectivity index (χ1) is 16.1. The van der Waals surface area contributed by atoms with E-state index in [1.54, 1.807) is 31.2 Å². The van der Waals surface area contributed by atoms with Crippen LogP contribution in [-0.4, -0.2) is 19.4 Å². The molecule has 3 nitrogen and oxygen atoms in total. The summed E-state index contributed by atoms with van der Waals surface area (Å²) in [6.07, 6.45) is -8.95. The summed E-state index contributed by atoms with van der Waals surface area (Å²) in [4.78, 5) is 0. The van der Waals surface area contributed by atoms with E-state index in [1.165, 1.54) is 36.4 Å². The van der Waals surface area contributed by atoms with Gasteiger partial charge in [-0.2, -0.15) is 26.3 Å². The molecule has 34 heavy (non-hydrogen) atoms. The lowest BCUT2D eigenvalue weighted by Gasteiger charge is -2.21. The summed E-state index contributed by atoms with van der Waals surface area (Å²) in [5, 5.41) is 0. The van der Waals surface area contributed by atoms with Crippen LogP contribution in [0, 0.1) is 0 Å². The number of alkyl halides is 6. The van der Waals surface area contributed by atoms with Gasteiger partial charge < -0.3 is 14.2 Å². The Bertz CT molecular complexity index is 1040. The molecule has 0 N–H and O–H groups in total. The van der Waals surface area contributed by atoms with Gasteiger partial charge in [0.1, 0.15) is 23.2 Å². The van der Waals surface area contributed by atoms with Gasteiger partial charge in [-0.1, -0.05) is 24.3 Å². The topological polar surface area (TPSA) is 27.7 Å². The average Bonchev–Trinajstić information content (AvgIpc) is 2.77. The molecule has 1 unspecified atom stereocenters. The van der Waals surface area contributed by atoms with E-state index in [0.717, 1.165) is 12.1 Å². The van der Waals surface area contributed by atoms with Crippen molar-refractivity contribution < 1.29 is 40.6 Å². The smallest absolute Gasteiger partial charge is 0.416 e. The quantitative estimate of drug-likeness (QED) is 0.291. The molecule has 1 atom stereocenters. The minimum atomic E-state index is -4.50. The summed E-state index contributed by atoms with van der Waals surface area (Å²) in [6, 6.07) is 16.3. The van der Waals surface area contributed by atoms with Crippen molar-refractivity contribution in [1.82, 2.24) is 0 Å². The van der Waals surface area contributed by atoms with E-state index in [-0.39, 0.29) is 17.9 Å². The maximum atomic E-state index is 13.6. The average molecular weight is 484 g/mol. The molecule has 0 saturated carbocycles. The first kappa shape index (κ1) is 25.4. The largest absolute Gasteiger partial charge is 0.494 e. The van der Waals surface area contributed by atoms with E-state index in [0.29, 0.717) is 23.7 Å². The van der Waals surface area contributed by atoms with Crippen molar-refractivity contribution in [3.63, 3.8) is 0 Å². The van der Waals surface area contributed by atoms with Gasteiger partial charge in [0, 0.05) is 0 Å². The molecular weight excluding hydrogens is 462 g/mol. The fourth-order valence-electron chi connectivity index (χ4n) is 3.18. The zero-order chi connectivity index (χ0) is 24.8. The summed E-state index contributed by atoms with van der Waals surface area (Å²) in [7, 11) is 0. The van der Waals surface area contributed by atoms with Gasteiger partial charge >= 0.3 is 12.4 Å². The predicted molar refractivity (Wildman–Crippen MR) is 114 cm³/mol. The third-order valence-electron chi connectivity index (χ3n) is 4.86. The van der Waals surface area contributed by atoms with Crippen molar-refractivity contribution in [2.24, 2.45) is 0 Å². The lowest BCUT2D eigenvalue weighted by molar-refractivity contribution is -0.163. The normalized spacial score (nSPS) is 12.9. The van der Waals surface area contributed by atoms with Crippen LogP contribution in [0.25, 0.3) is 0 Å². The molecule has 0 radical (unpaired) electrons. The number of halogens is 6. The summed E-state index contributed by atoms with van der Waals surface area (Å²) in [5.41, 5.74) is -0.180. The van der Waals surface area contributed by atoms with Crippen molar-refractivity contribution in [2.75, 3.05) is 13.2 Å². The molecule has 9 heteroatoms. The van der Waals surface area contributed by atoms with Gasteiger partial charge in [0.2, 0.25) is 0 Å². The maximum Gasteiger partial charge on any atom is 0.416 e. The fourth-order valence-corrected chi connectivity index (χ4v) is 3.18. The second-order valence-corrected chi connectivity index (χ2v) is 7.38. The zero-order valence-corrected chi connectivity index (χ0v) is 18.1. The molecule has 0 fully saturated rings. The molecule has 3 aromatic rings. The lowest BCUT2D eigenvalue weighted by atomic mass is 9.99. The SMILES string of the molecule is CCOc1ccc(C(COCc2cccc(Oc3ccc(C(F)(F)F)cc3)c2)C(F)(F)F)cc1. The number of hydrogen-bond acceptors (Lipinski definition) is 3.